The van der Waals surface area contributed by atoms with Crippen LogP contribution in [-0.2, 0) is 18.3 Å². The maximum atomic E-state index is 13.8. The number of aromatic nitrogens is 1. The molecule has 2 N–H and O–H groups in total. The van der Waals surface area contributed by atoms with Crippen molar-refractivity contribution in [1.82, 2.24) is 9.88 Å². The number of benzene rings is 1. The summed E-state index contributed by atoms with van der Waals surface area (Å²) in [6.07, 6.45) is 4.16. The van der Waals surface area contributed by atoms with Crippen molar-refractivity contribution in [3.05, 3.63) is 46.6 Å². The summed E-state index contributed by atoms with van der Waals surface area (Å²) in [7, 11) is 0. The number of nitrogens with zero attached hydrogens (tertiary/aromatic N) is 1. The van der Waals surface area contributed by atoms with Crippen LogP contribution in [0.4, 0.5) is 13.2 Å². The number of hydrogen-bond donors (Lipinski definition) is 2. The van der Waals surface area contributed by atoms with Crippen molar-refractivity contribution in [2.75, 3.05) is 0 Å². The highest BCUT2D eigenvalue weighted by molar-refractivity contribution is 5.97. The zero-order valence-electron chi connectivity index (χ0n) is 20.3. The van der Waals surface area contributed by atoms with Gasteiger partial charge < -0.3 is 15.0 Å². The van der Waals surface area contributed by atoms with Gasteiger partial charge in [-0.2, -0.15) is 13.2 Å². The van der Waals surface area contributed by atoms with Crippen LogP contribution in [-0.4, -0.2) is 21.6 Å². The normalized spacial score (nSPS) is 18.1. The first-order chi connectivity index (χ1) is 15.9. The molecule has 2 aliphatic carbocycles. The van der Waals surface area contributed by atoms with E-state index in [4.69, 9.17) is 0 Å². The Kier molecular flexibility index (Phi) is 6.87. The summed E-state index contributed by atoms with van der Waals surface area (Å²) in [5.41, 5.74) is 0.217. The molecule has 0 saturated heterocycles. The first-order valence-electron chi connectivity index (χ1n) is 12.4. The number of rotatable bonds is 6. The van der Waals surface area contributed by atoms with Crippen LogP contribution >= 0.6 is 0 Å². The Balaban J connectivity index is 1.81. The Morgan fingerprint density at radius 3 is 2.21 bits per heavy atom. The van der Waals surface area contributed by atoms with Gasteiger partial charge in [0.25, 0.3) is 5.91 Å². The summed E-state index contributed by atoms with van der Waals surface area (Å²) in [5.74, 6) is 0.265. The predicted molar refractivity (Wildman–Crippen MR) is 127 cm³/mol. The molecule has 34 heavy (non-hydrogen) atoms. The van der Waals surface area contributed by atoms with Crippen LogP contribution in [0.5, 0.6) is 0 Å². The zero-order chi connectivity index (χ0) is 24.7. The van der Waals surface area contributed by atoms with Gasteiger partial charge in [-0.05, 0) is 94.2 Å². The fraction of sp³-hybridized carbons (Fsp3) is 0.593. The Hall–Kier alpha value is -2.28. The largest absolute Gasteiger partial charge is 0.416 e. The van der Waals surface area contributed by atoms with Crippen molar-refractivity contribution in [2.24, 2.45) is 5.92 Å². The van der Waals surface area contributed by atoms with Crippen molar-refractivity contribution in [3.63, 3.8) is 0 Å². The molecule has 0 unspecified atom stereocenters. The number of alkyl halides is 3. The molecule has 4 nitrogen and oxygen atoms in total. The fourth-order valence-corrected chi connectivity index (χ4v) is 5.09. The topological polar surface area (TPSA) is 54.3 Å². The molecule has 1 aromatic carbocycles. The van der Waals surface area contributed by atoms with E-state index in [0.29, 0.717) is 29.3 Å². The average molecular weight is 477 g/mol. The van der Waals surface area contributed by atoms with Gasteiger partial charge in [0.05, 0.1) is 16.7 Å². The number of amides is 1. The number of halogens is 3. The Bertz CT molecular complexity index is 1010. The van der Waals surface area contributed by atoms with Gasteiger partial charge in [0.1, 0.15) is 0 Å². The maximum absolute atomic E-state index is 13.8. The molecule has 0 spiro atoms. The molecule has 0 bridgehead atoms. The second-order valence-electron chi connectivity index (χ2n) is 10.6. The third kappa shape index (κ3) is 5.35. The van der Waals surface area contributed by atoms with E-state index in [1.165, 1.54) is 20.3 Å². The Morgan fingerprint density at radius 1 is 1.00 bits per heavy atom. The van der Waals surface area contributed by atoms with Gasteiger partial charge in [-0.15, -0.1) is 0 Å². The van der Waals surface area contributed by atoms with E-state index < -0.39 is 17.3 Å². The van der Waals surface area contributed by atoms with E-state index in [9.17, 15) is 23.1 Å². The fourth-order valence-electron chi connectivity index (χ4n) is 5.09. The van der Waals surface area contributed by atoms with Gasteiger partial charge in [-0.25, -0.2) is 0 Å². The molecule has 2 aliphatic rings. The maximum Gasteiger partial charge on any atom is 0.416 e. The van der Waals surface area contributed by atoms with Crippen LogP contribution in [0, 0.1) is 12.8 Å². The van der Waals surface area contributed by atoms with Gasteiger partial charge >= 0.3 is 6.18 Å². The second kappa shape index (κ2) is 9.40. The van der Waals surface area contributed by atoms with Gasteiger partial charge in [0.2, 0.25) is 0 Å². The molecule has 0 radical (unpaired) electrons. The van der Waals surface area contributed by atoms with Crippen LogP contribution in [0.1, 0.15) is 92.4 Å². The summed E-state index contributed by atoms with van der Waals surface area (Å²) in [6, 6.07) is 5.67. The summed E-state index contributed by atoms with van der Waals surface area (Å²) < 4.78 is 43.3. The predicted octanol–water partition coefficient (Wildman–Crippen LogP) is 6.57. The molecule has 186 valence electrons. The molecule has 2 aromatic rings. The first-order valence-corrected chi connectivity index (χ1v) is 12.4. The number of aliphatic hydroxyl groups is 1. The molecule has 2 fully saturated rings. The molecular weight excluding hydrogens is 441 g/mol. The lowest BCUT2D eigenvalue weighted by Crippen LogP contribution is -2.39. The van der Waals surface area contributed by atoms with Crippen LogP contribution in [0.3, 0.4) is 0 Å². The second-order valence-corrected chi connectivity index (χ2v) is 10.6. The Labute approximate surface area is 199 Å². The van der Waals surface area contributed by atoms with Gasteiger partial charge in [-0.1, -0.05) is 19.3 Å². The van der Waals surface area contributed by atoms with Gasteiger partial charge in [-0.3, -0.25) is 4.79 Å². The monoisotopic (exact) mass is 476 g/mol. The number of carbonyl (C=O) groups is 1. The lowest BCUT2D eigenvalue weighted by Gasteiger charge is -2.26. The van der Waals surface area contributed by atoms with Crippen molar-refractivity contribution >= 4 is 5.91 Å². The Morgan fingerprint density at radius 2 is 1.65 bits per heavy atom. The minimum atomic E-state index is -4.55. The summed E-state index contributed by atoms with van der Waals surface area (Å²) in [4.78, 5) is 13.1. The molecule has 2 saturated carbocycles. The minimum absolute atomic E-state index is 0.166. The van der Waals surface area contributed by atoms with Gasteiger partial charge in [0.15, 0.2) is 0 Å². The highest BCUT2D eigenvalue weighted by Gasteiger charge is 2.34. The quantitative estimate of drug-likeness (QED) is 0.495. The molecule has 7 heteroatoms. The van der Waals surface area contributed by atoms with E-state index >= 15 is 0 Å². The lowest BCUT2D eigenvalue weighted by molar-refractivity contribution is -0.137. The first kappa shape index (κ1) is 24.8. The molecule has 4 rings (SSSR count). The number of hydrogen-bond acceptors (Lipinski definition) is 2. The van der Waals surface area contributed by atoms with E-state index in [1.54, 1.807) is 12.1 Å². The summed E-state index contributed by atoms with van der Waals surface area (Å²) in [6.45, 7) is 5.52. The molecular formula is C27H35F3N2O2. The smallest absolute Gasteiger partial charge is 0.386 e. The van der Waals surface area contributed by atoms with Crippen molar-refractivity contribution in [3.8, 4) is 11.3 Å². The van der Waals surface area contributed by atoms with Crippen LogP contribution in [0.15, 0.2) is 24.3 Å². The van der Waals surface area contributed by atoms with Crippen LogP contribution in [0.25, 0.3) is 11.3 Å². The van der Waals surface area contributed by atoms with E-state index in [2.05, 4.69) is 5.32 Å². The lowest BCUT2D eigenvalue weighted by atomic mass is 9.89. The highest BCUT2D eigenvalue weighted by atomic mass is 19.4. The summed E-state index contributed by atoms with van der Waals surface area (Å²) in [5, 5.41) is 13.6. The van der Waals surface area contributed by atoms with E-state index in [0.717, 1.165) is 62.8 Å². The summed E-state index contributed by atoms with van der Waals surface area (Å²) >= 11 is 0. The van der Waals surface area contributed by atoms with Gasteiger partial charge in [0, 0.05) is 24.0 Å². The van der Waals surface area contributed by atoms with Crippen molar-refractivity contribution < 1.29 is 23.1 Å². The van der Waals surface area contributed by atoms with Crippen molar-refractivity contribution in [1.29, 1.82) is 0 Å². The van der Waals surface area contributed by atoms with Crippen LogP contribution in [0.2, 0.25) is 0 Å². The minimum Gasteiger partial charge on any atom is -0.386 e. The molecule has 0 atom stereocenters. The molecule has 0 aliphatic heterocycles. The third-order valence-electron chi connectivity index (χ3n) is 7.48. The SMILES string of the molecule is Cc1c(C(=O)NC2CCC2)cc(-c2cc(C(C)(C)O)cc(C(F)(F)F)c2)n1CC1CCCCC1. The molecule has 1 aromatic heterocycles. The third-order valence-corrected chi connectivity index (χ3v) is 7.48. The standard InChI is InChI=1S/C27H35F3N2O2/c1-17-23(25(33)31-22-10-7-11-22)15-24(32(17)16-18-8-5-4-6-9-18)19-12-20(26(2,3)34)14-21(13-19)27(28,29)30/h12-15,18,22,34H,4-11,16H2,1-3H3,(H,31,33). The number of carbonyl (C=O) groups excluding carboxylic acids is 1. The highest BCUT2D eigenvalue weighted by Crippen LogP contribution is 2.38. The van der Waals surface area contributed by atoms with E-state index in [-0.39, 0.29) is 17.5 Å². The zero-order valence-corrected chi connectivity index (χ0v) is 20.3. The van der Waals surface area contributed by atoms with Crippen molar-refractivity contribution in [2.45, 2.75) is 96.5 Å². The molecule has 1 heterocycles. The molecule has 1 amide bonds. The number of nitrogens with one attached hydrogen (secondary N) is 1. The van der Waals surface area contributed by atoms with Crippen LogP contribution < -0.4 is 5.32 Å². The van der Waals surface area contributed by atoms with E-state index in [1.807, 2.05) is 11.5 Å². The average Bonchev–Trinajstić information content (AvgIpc) is 3.06.